The molecule has 3 N–H and O–H groups in total. The summed E-state index contributed by atoms with van der Waals surface area (Å²) in [5.74, 6) is -3.67. The molecule has 1 saturated heterocycles. The van der Waals surface area contributed by atoms with Crippen LogP contribution in [-0.2, 0) is 11.3 Å². The van der Waals surface area contributed by atoms with Crippen LogP contribution in [-0.4, -0.2) is 58.0 Å². The van der Waals surface area contributed by atoms with Crippen LogP contribution in [0.2, 0.25) is 0 Å². The van der Waals surface area contributed by atoms with Gasteiger partial charge < -0.3 is 15.3 Å². The largest absolute Gasteiger partial charge is 0.490 e. The van der Waals surface area contributed by atoms with Crippen LogP contribution in [0.1, 0.15) is 42.1 Å². The molecule has 158 valence electrons. The molecule has 1 unspecified atom stereocenters. The summed E-state index contributed by atoms with van der Waals surface area (Å²) in [6.07, 6.45) is -1.91. The summed E-state index contributed by atoms with van der Waals surface area (Å²) in [5.41, 5.74) is 1.43. The number of alkyl halides is 3. The lowest BCUT2D eigenvalue weighted by Crippen LogP contribution is -2.30. The Labute approximate surface area is 169 Å². The van der Waals surface area contributed by atoms with E-state index in [4.69, 9.17) is 15.0 Å². The maximum atomic E-state index is 10.9. The first-order chi connectivity index (χ1) is 12.9. The molecule has 0 aromatic heterocycles. The summed E-state index contributed by atoms with van der Waals surface area (Å²) in [6, 6.07) is 5.16. The fourth-order valence-corrected chi connectivity index (χ4v) is 3.66. The Morgan fingerprint density at radius 2 is 1.89 bits per heavy atom. The third-order valence-corrected chi connectivity index (χ3v) is 5.31. The highest BCUT2D eigenvalue weighted by atomic mass is 79.9. The Balaban J connectivity index is 0.000000480. The number of carboxylic acid groups (broad SMARTS) is 2. The van der Waals surface area contributed by atoms with Crippen molar-refractivity contribution in [2.75, 3.05) is 19.7 Å². The Morgan fingerprint density at radius 3 is 2.32 bits per heavy atom. The third kappa shape index (κ3) is 7.06. The number of benzene rings is 1. The van der Waals surface area contributed by atoms with E-state index in [1.165, 1.54) is 0 Å². The molecule has 0 aliphatic carbocycles. The van der Waals surface area contributed by atoms with E-state index in [9.17, 15) is 23.1 Å². The van der Waals surface area contributed by atoms with E-state index < -0.39 is 18.1 Å². The predicted molar refractivity (Wildman–Crippen MR) is 99.1 cm³/mol. The number of carbonyl (C=O) groups is 2. The number of aliphatic hydroxyl groups is 1. The van der Waals surface area contributed by atoms with Crippen LogP contribution in [0.5, 0.6) is 0 Å². The zero-order valence-corrected chi connectivity index (χ0v) is 16.9. The summed E-state index contributed by atoms with van der Waals surface area (Å²) >= 11 is 3.46. The predicted octanol–water partition coefficient (Wildman–Crippen LogP) is 3.77. The van der Waals surface area contributed by atoms with Crippen molar-refractivity contribution >= 4 is 27.9 Å². The van der Waals surface area contributed by atoms with Crippen LogP contribution >= 0.6 is 15.9 Å². The standard InChI is InChI=1S/C16H22BrNO3.C2HF3O2/c1-2-5-16(11-19)6-7-18(10-16)9-13-4-3-12(15(20)21)8-14(13)17;3-2(4,5)1(6)7/h3-4,8,19H,2,5-7,9-11H2,1H3,(H,20,21);(H,6,7). The van der Waals surface area contributed by atoms with Gasteiger partial charge in [0.25, 0.3) is 0 Å². The molecular weight excluding hydrogens is 447 g/mol. The summed E-state index contributed by atoms with van der Waals surface area (Å²) in [6.45, 7) is 5.07. The fourth-order valence-electron chi connectivity index (χ4n) is 3.15. The minimum absolute atomic E-state index is 0.0439. The first kappa shape index (κ1) is 24.4. The van der Waals surface area contributed by atoms with Gasteiger partial charge in [-0.3, -0.25) is 4.90 Å². The summed E-state index contributed by atoms with van der Waals surface area (Å²) in [5, 5.41) is 25.8. The highest BCUT2D eigenvalue weighted by molar-refractivity contribution is 9.10. The van der Waals surface area contributed by atoms with E-state index in [0.29, 0.717) is 5.56 Å². The Kier molecular flexibility index (Phi) is 8.90. The lowest BCUT2D eigenvalue weighted by Gasteiger charge is -2.27. The number of rotatable bonds is 6. The van der Waals surface area contributed by atoms with E-state index in [-0.39, 0.29) is 12.0 Å². The molecule has 0 spiro atoms. The number of hydrogen-bond donors (Lipinski definition) is 3. The average molecular weight is 470 g/mol. The van der Waals surface area contributed by atoms with Crippen molar-refractivity contribution in [1.82, 2.24) is 4.90 Å². The maximum absolute atomic E-state index is 10.9. The maximum Gasteiger partial charge on any atom is 0.490 e. The first-order valence-corrected chi connectivity index (χ1v) is 9.38. The minimum atomic E-state index is -5.08. The third-order valence-electron chi connectivity index (χ3n) is 4.57. The molecule has 1 fully saturated rings. The Bertz CT molecular complexity index is 698. The topological polar surface area (TPSA) is 98.1 Å². The van der Waals surface area contributed by atoms with Crippen LogP contribution in [0.15, 0.2) is 22.7 Å². The minimum Gasteiger partial charge on any atom is -0.478 e. The summed E-state index contributed by atoms with van der Waals surface area (Å²) in [4.78, 5) is 22.2. The first-order valence-electron chi connectivity index (χ1n) is 8.59. The fraction of sp³-hybridized carbons (Fsp3) is 0.556. The van der Waals surface area contributed by atoms with Crippen molar-refractivity contribution in [2.45, 2.75) is 38.9 Å². The second-order valence-corrected chi connectivity index (χ2v) is 7.64. The van der Waals surface area contributed by atoms with Crippen LogP contribution in [0, 0.1) is 5.41 Å². The highest BCUT2D eigenvalue weighted by Gasteiger charge is 2.38. The molecule has 1 atom stereocenters. The van der Waals surface area contributed by atoms with Crippen LogP contribution in [0.25, 0.3) is 0 Å². The number of aliphatic hydroxyl groups excluding tert-OH is 1. The van der Waals surface area contributed by atoms with Crippen molar-refractivity contribution in [3.05, 3.63) is 33.8 Å². The van der Waals surface area contributed by atoms with Gasteiger partial charge >= 0.3 is 18.1 Å². The van der Waals surface area contributed by atoms with Gasteiger partial charge in [-0.25, -0.2) is 9.59 Å². The number of aromatic carboxylic acids is 1. The number of aliphatic carboxylic acids is 1. The van der Waals surface area contributed by atoms with Crippen molar-refractivity contribution in [2.24, 2.45) is 5.41 Å². The molecule has 0 amide bonds. The van der Waals surface area contributed by atoms with Gasteiger partial charge in [0.2, 0.25) is 0 Å². The van der Waals surface area contributed by atoms with Crippen LogP contribution in [0.3, 0.4) is 0 Å². The van der Waals surface area contributed by atoms with Crippen molar-refractivity contribution in [3.8, 4) is 0 Å². The van der Waals surface area contributed by atoms with Gasteiger partial charge in [-0.2, -0.15) is 13.2 Å². The molecule has 2 rings (SSSR count). The quantitative estimate of drug-likeness (QED) is 0.586. The normalized spacial score (nSPS) is 19.8. The van der Waals surface area contributed by atoms with Gasteiger partial charge in [-0.15, -0.1) is 0 Å². The zero-order valence-electron chi connectivity index (χ0n) is 15.3. The molecule has 1 aromatic rings. The molecule has 1 aliphatic heterocycles. The number of hydrogen-bond acceptors (Lipinski definition) is 4. The smallest absolute Gasteiger partial charge is 0.478 e. The van der Waals surface area contributed by atoms with Gasteiger partial charge in [0.15, 0.2) is 0 Å². The average Bonchev–Trinajstić information content (AvgIpc) is 3.00. The summed E-state index contributed by atoms with van der Waals surface area (Å²) in [7, 11) is 0. The van der Waals surface area contributed by atoms with Crippen molar-refractivity contribution < 1.29 is 38.1 Å². The van der Waals surface area contributed by atoms with Gasteiger partial charge in [0, 0.05) is 29.6 Å². The molecule has 0 radical (unpaired) electrons. The number of likely N-dealkylation sites (tertiary alicyclic amines) is 1. The Morgan fingerprint density at radius 1 is 1.29 bits per heavy atom. The molecule has 1 aromatic carbocycles. The van der Waals surface area contributed by atoms with E-state index in [1.807, 2.05) is 6.07 Å². The Hall–Kier alpha value is -1.65. The molecular formula is C18H23BrF3NO5. The van der Waals surface area contributed by atoms with Gasteiger partial charge in [-0.05, 0) is 37.1 Å². The van der Waals surface area contributed by atoms with Gasteiger partial charge in [-0.1, -0.05) is 35.3 Å². The van der Waals surface area contributed by atoms with E-state index >= 15 is 0 Å². The number of nitrogens with zero attached hydrogens (tertiary/aromatic N) is 1. The summed E-state index contributed by atoms with van der Waals surface area (Å²) < 4.78 is 32.6. The molecule has 6 nitrogen and oxygen atoms in total. The van der Waals surface area contributed by atoms with E-state index in [0.717, 1.165) is 48.9 Å². The monoisotopic (exact) mass is 469 g/mol. The lowest BCUT2D eigenvalue weighted by molar-refractivity contribution is -0.192. The molecule has 0 saturated carbocycles. The molecule has 0 bridgehead atoms. The lowest BCUT2D eigenvalue weighted by atomic mass is 9.83. The van der Waals surface area contributed by atoms with Gasteiger partial charge in [0.05, 0.1) is 5.56 Å². The van der Waals surface area contributed by atoms with Crippen molar-refractivity contribution in [3.63, 3.8) is 0 Å². The van der Waals surface area contributed by atoms with Crippen LogP contribution in [0.4, 0.5) is 13.2 Å². The molecule has 28 heavy (non-hydrogen) atoms. The molecule has 1 aliphatic rings. The second kappa shape index (κ2) is 10.2. The van der Waals surface area contributed by atoms with Crippen molar-refractivity contribution in [1.29, 1.82) is 0 Å². The van der Waals surface area contributed by atoms with Gasteiger partial charge in [0.1, 0.15) is 0 Å². The number of carboxylic acids is 2. The zero-order chi connectivity index (χ0) is 21.5. The highest BCUT2D eigenvalue weighted by Crippen LogP contribution is 2.36. The SMILES string of the molecule is CCCC1(CO)CCN(Cc2ccc(C(=O)O)cc2Br)C1.O=C(O)C(F)(F)F. The molecule has 1 heterocycles. The number of halogens is 4. The van der Waals surface area contributed by atoms with E-state index in [2.05, 4.69) is 27.8 Å². The second-order valence-electron chi connectivity index (χ2n) is 6.78. The molecule has 10 heteroatoms. The van der Waals surface area contributed by atoms with E-state index in [1.54, 1.807) is 12.1 Å². The van der Waals surface area contributed by atoms with Crippen LogP contribution < -0.4 is 0 Å².